The fraction of sp³-hybridized carbons (Fsp3) is 0.217. The summed E-state index contributed by atoms with van der Waals surface area (Å²) in [5.41, 5.74) is 1.74. The number of benzene rings is 2. The van der Waals surface area contributed by atoms with Gasteiger partial charge >= 0.3 is 0 Å². The number of nitrogens with zero attached hydrogens (tertiary/aromatic N) is 2. The summed E-state index contributed by atoms with van der Waals surface area (Å²) >= 11 is 6.11. The zero-order chi connectivity index (χ0) is 21.1. The Morgan fingerprint density at radius 1 is 0.967 bits per heavy atom. The number of aromatic amines is 1. The van der Waals surface area contributed by atoms with Gasteiger partial charge in [-0.15, -0.1) is 0 Å². The molecule has 154 valence electrons. The van der Waals surface area contributed by atoms with Crippen LogP contribution >= 0.6 is 11.6 Å². The summed E-state index contributed by atoms with van der Waals surface area (Å²) in [6.07, 6.45) is 0. The lowest BCUT2D eigenvalue weighted by molar-refractivity contribution is 0.0625. The van der Waals surface area contributed by atoms with Crippen LogP contribution in [0.2, 0.25) is 5.02 Å². The summed E-state index contributed by atoms with van der Waals surface area (Å²) in [4.78, 5) is 31.9. The van der Waals surface area contributed by atoms with Crippen molar-refractivity contribution in [2.24, 2.45) is 0 Å². The molecule has 1 aromatic heterocycles. The Kier molecular flexibility index (Phi) is 5.97. The molecule has 4 rings (SSSR count). The molecule has 0 radical (unpaired) electrons. The van der Waals surface area contributed by atoms with Crippen molar-refractivity contribution < 1.29 is 9.18 Å². The number of rotatable bonds is 4. The highest BCUT2D eigenvalue weighted by Crippen LogP contribution is 2.22. The monoisotopic (exact) mass is 425 g/mol. The summed E-state index contributed by atoms with van der Waals surface area (Å²) in [6, 6.07) is 17.5. The number of pyridine rings is 1. The number of piperazine rings is 1. The van der Waals surface area contributed by atoms with Crippen LogP contribution in [0, 0.1) is 5.82 Å². The van der Waals surface area contributed by atoms with Crippen LogP contribution in [0.1, 0.15) is 15.9 Å². The van der Waals surface area contributed by atoms with Gasteiger partial charge in [-0.3, -0.25) is 14.5 Å². The van der Waals surface area contributed by atoms with Gasteiger partial charge in [0.25, 0.3) is 11.5 Å². The zero-order valence-electron chi connectivity index (χ0n) is 16.3. The van der Waals surface area contributed by atoms with Gasteiger partial charge in [-0.2, -0.15) is 0 Å². The van der Waals surface area contributed by atoms with Crippen LogP contribution in [0.5, 0.6) is 0 Å². The fourth-order valence-corrected chi connectivity index (χ4v) is 3.84. The minimum Gasteiger partial charge on any atom is -0.336 e. The van der Waals surface area contributed by atoms with Gasteiger partial charge in [0.1, 0.15) is 11.4 Å². The largest absolute Gasteiger partial charge is 0.336 e. The van der Waals surface area contributed by atoms with Crippen molar-refractivity contribution in [3.63, 3.8) is 0 Å². The van der Waals surface area contributed by atoms with Gasteiger partial charge in [-0.1, -0.05) is 48.0 Å². The quantitative estimate of drug-likeness (QED) is 0.691. The normalized spacial score (nSPS) is 14.7. The molecule has 3 aromatic rings. The fourth-order valence-electron chi connectivity index (χ4n) is 3.61. The van der Waals surface area contributed by atoms with Crippen LogP contribution in [0.3, 0.4) is 0 Å². The predicted molar refractivity (Wildman–Crippen MR) is 115 cm³/mol. The molecule has 0 bridgehead atoms. The maximum Gasteiger partial charge on any atom is 0.261 e. The standard InChI is InChI=1S/C23H21ClFN3O2/c24-19-7-4-8-20(25)18(19)15-27-11-13-28(14-12-27)23(30)17-9-10-21(26-22(17)29)16-5-2-1-3-6-16/h1-10H,11-15H2,(H,26,29). The van der Waals surface area contributed by atoms with Gasteiger partial charge in [0, 0.05) is 49.0 Å². The smallest absolute Gasteiger partial charge is 0.261 e. The van der Waals surface area contributed by atoms with Crippen molar-refractivity contribution in [1.82, 2.24) is 14.8 Å². The third-order valence-corrected chi connectivity index (χ3v) is 5.68. The van der Waals surface area contributed by atoms with E-state index in [1.54, 1.807) is 29.2 Å². The van der Waals surface area contributed by atoms with Gasteiger partial charge in [-0.05, 0) is 29.8 Å². The van der Waals surface area contributed by atoms with Gasteiger partial charge in [0.05, 0.1) is 0 Å². The second kappa shape index (κ2) is 8.81. The number of aromatic nitrogens is 1. The summed E-state index contributed by atoms with van der Waals surface area (Å²) in [7, 11) is 0. The molecule has 30 heavy (non-hydrogen) atoms. The molecule has 0 spiro atoms. The SMILES string of the molecule is O=C(c1ccc(-c2ccccc2)[nH]c1=O)N1CCN(Cc2c(F)cccc2Cl)CC1. The van der Waals surface area contributed by atoms with Crippen LogP contribution in [-0.4, -0.2) is 46.9 Å². The average molecular weight is 426 g/mol. The van der Waals surface area contributed by atoms with Crippen LogP contribution in [-0.2, 0) is 6.54 Å². The van der Waals surface area contributed by atoms with Crippen molar-refractivity contribution in [2.45, 2.75) is 6.54 Å². The number of halogens is 2. The van der Waals surface area contributed by atoms with Crippen LogP contribution in [0.4, 0.5) is 4.39 Å². The Morgan fingerprint density at radius 3 is 2.37 bits per heavy atom. The summed E-state index contributed by atoms with van der Waals surface area (Å²) in [5, 5.41) is 0.401. The van der Waals surface area contributed by atoms with E-state index < -0.39 is 5.56 Å². The summed E-state index contributed by atoms with van der Waals surface area (Å²) in [5.74, 6) is -0.620. The van der Waals surface area contributed by atoms with E-state index in [1.165, 1.54) is 6.07 Å². The predicted octanol–water partition coefficient (Wildman–Crippen LogP) is 3.79. The third-order valence-electron chi connectivity index (χ3n) is 5.33. The molecule has 1 fully saturated rings. The molecule has 1 aliphatic heterocycles. The number of carbonyl (C=O) groups is 1. The zero-order valence-corrected chi connectivity index (χ0v) is 17.0. The van der Waals surface area contributed by atoms with Gasteiger partial charge < -0.3 is 9.88 Å². The molecule has 1 saturated heterocycles. The number of hydrogen-bond donors (Lipinski definition) is 1. The number of hydrogen-bond acceptors (Lipinski definition) is 3. The molecule has 1 amide bonds. The van der Waals surface area contributed by atoms with E-state index in [2.05, 4.69) is 9.88 Å². The second-order valence-electron chi connectivity index (χ2n) is 7.25. The lowest BCUT2D eigenvalue weighted by atomic mass is 10.1. The summed E-state index contributed by atoms with van der Waals surface area (Å²) in [6.45, 7) is 2.47. The van der Waals surface area contributed by atoms with E-state index in [0.717, 1.165) is 5.56 Å². The number of nitrogens with one attached hydrogen (secondary N) is 1. The first-order valence-corrected chi connectivity index (χ1v) is 10.1. The van der Waals surface area contributed by atoms with Crippen molar-refractivity contribution >= 4 is 17.5 Å². The lowest BCUT2D eigenvalue weighted by Crippen LogP contribution is -2.49. The Bertz CT molecular complexity index is 1090. The Hall–Kier alpha value is -2.96. The van der Waals surface area contributed by atoms with E-state index in [-0.39, 0.29) is 17.3 Å². The summed E-state index contributed by atoms with van der Waals surface area (Å²) < 4.78 is 14.0. The van der Waals surface area contributed by atoms with Crippen LogP contribution < -0.4 is 5.56 Å². The molecule has 2 heterocycles. The molecule has 0 atom stereocenters. The first-order chi connectivity index (χ1) is 14.5. The van der Waals surface area contributed by atoms with Crippen molar-refractivity contribution in [1.29, 1.82) is 0 Å². The van der Waals surface area contributed by atoms with E-state index in [0.29, 0.717) is 49.0 Å². The molecular formula is C23H21ClFN3O2. The highest BCUT2D eigenvalue weighted by atomic mass is 35.5. The van der Waals surface area contributed by atoms with Crippen molar-refractivity contribution in [3.05, 3.63) is 93.0 Å². The Balaban J connectivity index is 1.41. The maximum atomic E-state index is 14.0. The molecule has 7 heteroatoms. The minimum absolute atomic E-state index is 0.125. The molecule has 0 saturated carbocycles. The Morgan fingerprint density at radius 2 is 1.70 bits per heavy atom. The molecular weight excluding hydrogens is 405 g/mol. The van der Waals surface area contributed by atoms with Crippen LogP contribution in [0.15, 0.2) is 65.5 Å². The van der Waals surface area contributed by atoms with E-state index in [4.69, 9.17) is 11.6 Å². The van der Waals surface area contributed by atoms with Crippen LogP contribution in [0.25, 0.3) is 11.3 Å². The van der Waals surface area contributed by atoms with Gasteiger partial charge in [0.15, 0.2) is 0 Å². The first-order valence-electron chi connectivity index (χ1n) is 9.76. The Labute approximate surface area is 178 Å². The van der Waals surface area contributed by atoms with Crippen molar-refractivity contribution in [2.75, 3.05) is 26.2 Å². The highest BCUT2D eigenvalue weighted by Gasteiger charge is 2.25. The van der Waals surface area contributed by atoms with E-state index in [9.17, 15) is 14.0 Å². The third kappa shape index (κ3) is 4.30. The number of H-pyrrole nitrogens is 1. The highest BCUT2D eigenvalue weighted by molar-refractivity contribution is 6.31. The van der Waals surface area contributed by atoms with Crippen molar-refractivity contribution in [3.8, 4) is 11.3 Å². The van der Waals surface area contributed by atoms with E-state index in [1.807, 2.05) is 30.3 Å². The average Bonchev–Trinajstić information content (AvgIpc) is 2.77. The van der Waals surface area contributed by atoms with Gasteiger partial charge in [0.2, 0.25) is 0 Å². The maximum absolute atomic E-state index is 14.0. The number of carbonyl (C=O) groups excluding carboxylic acids is 1. The lowest BCUT2D eigenvalue weighted by Gasteiger charge is -2.34. The van der Waals surface area contributed by atoms with E-state index >= 15 is 0 Å². The molecule has 0 unspecified atom stereocenters. The molecule has 5 nitrogen and oxygen atoms in total. The topological polar surface area (TPSA) is 56.4 Å². The second-order valence-corrected chi connectivity index (χ2v) is 7.66. The molecule has 1 aliphatic rings. The first kappa shape index (κ1) is 20.3. The molecule has 2 aromatic carbocycles. The van der Waals surface area contributed by atoms with Gasteiger partial charge in [-0.25, -0.2) is 4.39 Å². The molecule has 1 N–H and O–H groups in total. The number of amides is 1. The minimum atomic E-state index is -0.401. The molecule has 0 aliphatic carbocycles.